The van der Waals surface area contributed by atoms with E-state index in [1.54, 1.807) is 54.7 Å². The van der Waals surface area contributed by atoms with Gasteiger partial charge in [-0.1, -0.05) is 0 Å². The molecule has 2 rings (SSSR count). The second-order valence-electron chi connectivity index (χ2n) is 5.03. The second-order valence-corrected chi connectivity index (χ2v) is 5.95. The number of rotatable bonds is 4. The number of hydrazone groups is 1. The first-order chi connectivity index (χ1) is 11.4. The molecule has 0 unspecified atom stereocenters. The summed E-state index contributed by atoms with van der Waals surface area (Å²) in [5.41, 5.74) is 1.71. The van der Waals surface area contributed by atoms with E-state index in [0.717, 1.165) is 0 Å². The van der Waals surface area contributed by atoms with Crippen molar-refractivity contribution >= 4 is 40.4 Å². The van der Waals surface area contributed by atoms with Crippen molar-refractivity contribution in [1.29, 1.82) is 0 Å². The Labute approximate surface area is 153 Å². The zero-order chi connectivity index (χ0) is 17.7. The summed E-state index contributed by atoms with van der Waals surface area (Å²) in [6.45, 7) is 1.75. The molecule has 8 heteroatoms. The molecule has 0 spiro atoms. The van der Waals surface area contributed by atoms with Crippen LogP contribution in [-0.2, 0) is 0 Å². The molecule has 1 aromatic heterocycles. The zero-order valence-corrected chi connectivity index (χ0v) is 15.6. The van der Waals surface area contributed by atoms with Crippen LogP contribution in [0.3, 0.4) is 0 Å². The lowest BCUT2D eigenvalue weighted by Gasteiger charge is -2.15. The van der Waals surface area contributed by atoms with Crippen LogP contribution in [-0.4, -0.2) is 35.8 Å². The number of amides is 1. The fraction of sp³-hybridized carbons (Fsp3) is 0.188. The van der Waals surface area contributed by atoms with Gasteiger partial charge in [-0.3, -0.25) is 4.98 Å². The predicted octanol–water partition coefficient (Wildman–Crippen LogP) is 3.86. The molecule has 0 N–H and O–H groups in total. The van der Waals surface area contributed by atoms with Gasteiger partial charge in [0.05, 0.1) is 34.3 Å². The van der Waals surface area contributed by atoms with Crippen LogP contribution in [0.2, 0.25) is 0 Å². The monoisotopic (exact) mass is 442 g/mol. The number of aromatic nitrogens is 1. The SMILES string of the molecule is CC(=NN(I)c1ccc(F)cc1)c1ncccc1OC(=O)N(C)C. The Morgan fingerprint density at radius 1 is 1.25 bits per heavy atom. The lowest BCUT2D eigenvalue weighted by Crippen LogP contribution is -2.26. The molecule has 0 aliphatic rings. The van der Waals surface area contributed by atoms with Gasteiger partial charge in [0.1, 0.15) is 11.5 Å². The lowest BCUT2D eigenvalue weighted by molar-refractivity contribution is 0.171. The van der Waals surface area contributed by atoms with Crippen LogP contribution in [0.4, 0.5) is 14.9 Å². The third kappa shape index (κ3) is 4.63. The molecule has 0 saturated carbocycles. The largest absolute Gasteiger partial charge is 0.414 e. The Kier molecular flexibility index (Phi) is 6.07. The van der Waals surface area contributed by atoms with Gasteiger partial charge in [0.2, 0.25) is 0 Å². The van der Waals surface area contributed by atoms with E-state index in [4.69, 9.17) is 4.74 Å². The van der Waals surface area contributed by atoms with Crippen molar-refractivity contribution in [2.24, 2.45) is 5.10 Å². The summed E-state index contributed by atoms with van der Waals surface area (Å²) in [6.07, 6.45) is 1.10. The maximum absolute atomic E-state index is 13.0. The predicted molar refractivity (Wildman–Crippen MR) is 99.1 cm³/mol. The maximum atomic E-state index is 13.0. The normalized spacial score (nSPS) is 11.1. The van der Waals surface area contributed by atoms with E-state index in [9.17, 15) is 9.18 Å². The van der Waals surface area contributed by atoms with Crippen molar-refractivity contribution < 1.29 is 13.9 Å². The van der Waals surface area contributed by atoms with Gasteiger partial charge < -0.3 is 9.64 Å². The Bertz CT molecular complexity index is 750. The lowest BCUT2D eigenvalue weighted by atomic mass is 10.2. The molecule has 0 bridgehead atoms. The van der Waals surface area contributed by atoms with Crippen LogP contribution in [0.15, 0.2) is 47.7 Å². The van der Waals surface area contributed by atoms with Gasteiger partial charge in [0.25, 0.3) is 0 Å². The molecule has 2 aromatic rings. The molecular weight excluding hydrogens is 426 g/mol. The standard InChI is InChI=1S/C16H16FIN4O2/c1-11(20-22(18)13-8-6-12(17)7-9-13)15-14(5-4-10-19-15)24-16(23)21(2)3/h4-10H,1-3H3. The summed E-state index contributed by atoms with van der Waals surface area (Å²) >= 11 is 1.99. The summed E-state index contributed by atoms with van der Waals surface area (Å²) in [4.78, 5) is 17.3. The minimum atomic E-state index is -0.498. The molecule has 24 heavy (non-hydrogen) atoms. The Hall–Kier alpha value is -2.23. The minimum Gasteiger partial charge on any atom is -0.408 e. The van der Waals surface area contributed by atoms with Crippen LogP contribution < -0.4 is 7.96 Å². The van der Waals surface area contributed by atoms with Gasteiger partial charge in [-0.15, -0.1) is 0 Å². The number of pyridine rings is 1. The molecule has 0 fully saturated rings. The molecule has 1 aromatic carbocycles. The van der Waals surface area contributed by atoms with Crippen LogP contribution in [0.5, 0.6) is 5.75 Å². The first kappa shape index (κ1) is 18.1. The van der Waals surface area contributed by atoms with Gasteiger partial charge in [-0.25, -0.2) is 12.4 Å². The number of benzene rings is 1. The summed E-state index contributed by atoms with van der Waals surface area (Å²) in [7, 11) is 3.20. The minimum absolute atomic E-state index is 0.313. The van der Waals surface area contributed by atoms with Crippen molar-refractivity contribution in [3.8, 4) is 5.75 Å². The highest BCUT2D eigenvalue weighted by Gasteiger charge is 2.14. The van der Waals surface area contributed by atoms with Crippen molar-refractivity contribution in [2.45, 2.75) is 6.92 Å². The molecule has 0 atom stereocenters. The molecule has 0 radical (unpaired) electrons. The summed E-state index contributed by atoms with van der Waals surface area (Å²) in [5.74, 6) is 0.00761. The van der Waals surface area contributed by atoms with E-state index in [2.05, 4.69) is 10.1 Å². The third-order valence-electron chi connectivity index (χ3n) is 2.95. The number of halogens is 2. The molecule has 1 heterocycles. The van der Waals surface area contributed by atoms with Crippen LogP contribution in [0.1, 0.15) is 12.6 Å². The molecule has 1 amide bonds. The van der Waals surface area contributed by atoms with Crippen molar-refractivity contribution in [1.82, 2.24) is 9.88 Å². The van der Waals surface area contributed by atoms with Gasteiger partial charge in [-0.05, 0) is 43.3 Å². The topological polar surface area (TPSA) is 58.0 Å². The summed E-state index contributed by atoms with van der Waals surface area (Å²) < 4.78 is 19.9. The highest BCUT2D eigenvalue weighted by atomic mass is 127. The first-order valence-corrected chi connectivity index (χ1v) is 7.96. The second kappa shape index (κ2) is 8.04. The maximum Gasteiger partial charge on any atom is 0.414 e. The van der Waals surface area contributed by atoms with Crippen molar-refractivity contribution in [3.05, 3.63) is 54.1 Å². The van der Waals surface area contributed by atoms with Gasteiger partial charge >= 0.3 is 6.09 Å². The number of hydrogen-bond donors (Lipinski definition) is 0. The zero-order valence-electron chi connectivity index (χ0n) is 13.4. The third-order valence-corrected chi connectivity index (χ3v) is 3.73. The first-order valence-electron chi connectivity index (χ1n) is 6.99. The van der Waals surface area contributed by atoms with E-state index in [1.807, 2.05) is 22.9 Å². The highest BCUT2D eigenvalue weighted by molar-refractivity contribution is 14.1. The average Bonchev–Trinajstić information content (AvgIpc) is 2.55. The van der Waals surface area contributed by atoms with Gasteiger partial charge in [0.15, 0.2) is 5.75 Å². The smallest absolute Gasteiger partial charge is 0.408 e. The number of ether oxygens (including phenoxy) is 1. The number of carbonyl (C=O) groups excluding carboxylic acids is 1. The molecule has 126 valence electrons. The van der Waals surface area contributed by atoms with Crippen LogP contribution >= 0.6 is 22.9 Å². The van der Waals surface area contributed by atoms with Gasteiger partial charge in [-0.2, -0.15) is 5.10 Å². The quantitative estimate of drug-likeness (QED) is 0.312. The summed E-state index contributed by atoms with van der Waals surface area (Å²) in [5, 5.41) is 4.41. The van der Waals surface area contributed by atoms with Gasteiger partial charge in [0, 0.05) is 20.3 Å². The van der Waals surface area contributed by atoms with Crippen LogP contribution in [0.25, 0.3) is 0 Å². The Morgan fingerprint density at radius 2 is 1.92 bits per heavy atom. The van der Waals surface area contributed by atoms with E-state index >= 15 is 0 Å². The van der Waals surface area contributed by atoms with E-state index in [-0.39, 0.29) is 5.82 Å². The van der Waals surface area contributed by atoms with Crippen molar-refractivity contribution in [3.63, 3.8) is 0 Å². The average molecular weight is 442 g/mol. The summed E-state index contributed by atoms with van der Waals surface area (Å²) in [6, 6.07) is 9.27. The van der Waals surface area contributed by atoms with Crippen molar-refractivity contribution in [2.75, 3.05) is 17.3 Å². The highest BCUT2D eigenvalue weighted by Crippen LogP contribution is 2.22. The fourth-order valence-corrected chi connectivity index (χ4v) is 2.38. The Balaban J connectivity index is 2.26. The van der Waals surface area contributed by atoms with E-state index in [0.29, 0.717) is 22.8 Å². The molecule has 0 aliphatic heterocycles. The van der Waals surface area contributed by atoms with E-state index < -0.39 is 6.09 Å². The van der Waals surface area contributed by atoms with Crippen LogP contribution in [0, 0.1) is 5.82 Å². The Morgan fingerprint density at radius 3 is 2.54 bits per heavy atom. The van der Waals surface area contributed by atoms with E-state index in [1.165, 1.54) is 17.0 Å². The molecule has 6 nitrogen and oxygen atoms in total. The molecule has 0 saturated heterocycles. The number of hydrogen-bond acceptors (Lipinski definition) is 5. The number of anilines is 1. The number of nitrogens with zero attached hydrogens (tertiary/aromatic N) is 4. The number of carbonyl (C=O) groups is 1. The molecular formula is C16H16FIN4O2. The molecule has 0 aliphatic carbocycles. The fourth-order valence-electron chi connectivity index (χ4n) is 1.73.